The summed E-state index contributed by atoms with van der Waals surface area (Å²) in [6.45, 7) is 0. The predicted octanol–water partition coefficient (Wildman–Crippen LogP) is 6.84. The van der Waals surface area contributed by atoms with Crippen LogP contribution in [0.5, 0.6) is 0 Å². The molecule has 0 unspecified atom stereocenters. The standard InChI is InChI=1S/C20H13BrClN3O3S3/c21-15-8-9-17(18-14(15)2-1-3-16(18)22)30-20(26)24-12-4-6-13(7-5-12)31(27,28)25-19-23-10-11-29-19/h1-11H,(H,23,25)(H,24,26). The zero-order valence-corrected chi connectivity index (χ0v) is 20.3. The van der Waals surface area contributed by atoms with Crippen molar-refractivity contribution in [3.8, 4) is 0 Å². The summed E-state index contributed by atoms with van der Waals surface area (Å²) >= 11 is 12.1. The second-order valence-corrected chi connectivity index (χ2v) is 11.0. The van der Waals surface area contributed by atoms with E-state index in [4.69, 9.17) is 11.6 Å². The summed E-state index contributed by atoms with van der Waals surface area (Å²) in [6, 6.07) is 15.1. The molecular formula is C20H13BrClN3O3S3. The van der Waals surface area contributed by atoms with Crippen molar-refractivity contribution in [2.45, 2.75) is 9.79 Å². The van der Waals surface area contributed by atoms with Gasteiger partial charge in [0.1, 0.15) is 0 Å². The number of carbonyl (C=O) groups is 1. The van der Waals surface area contributed by atoms with Crippen LogP contribution in [0.4, 0.5) is 15.6 Å². The fourth-order valence-electron chi connectivity index (χ4n) is 2.79. The molecule has 0 aliphatic rings. The Kier molecular flexibility index (Phi) is 6.54. The number of fused-ring (bicyclic) bond motifs is 1. The van der Waals surface area contributed by atoms with Crippen molar-refractivity contribution in [2.24, 2.45) is 0 Å². The quantitative estimate of drug-likeness (QED) is 0.264. The average Bonchev–Trinajstić information content (AvgIpc) is 3.23. The first-order chi connectivity index (χ1) is 14.8. The molecule has 3 aromatic carbocycles. The van der Waals surface area contributed by atoms with Gasteiger partial charge in [-0.15, -0.1) is 11.3 Å². The Morgan fingerprint density at radius 2 is 1.87 bits per heavy atom. The normalized spacial score (nSPS) is 11.4. The van der Waals surface area contributed by atoms with E-state index >= 15 is 0 Å². The maximum absolute atomic E-state index is 12.6. The number of anilines is 2. The number of nitrogens with one attached hydrogen (secondary N) is 2. The van der Waals surface area contributed by atoms with Crippen LogP contribution < -0.4 is 10.0 Å². The zero-order valence-electron chi connectivity index (χ0n) is 15.5. The minimum absolute atomic E-state index is 0.0686. The van der Waals surface area contributed by atoms with Gasteiger partial charge in [0, 0.05) is 37.0 Å². The van der Waals surface area contributed by atoms with Crippen LogP contribution in [0.25, 0.3) is 10.8 Å². The third-order valence-corrected chi connectivity index (χ3v) is 8.19. The lowest BCUT2D eigenvalue weighted by Crippen LogP contribution is -2.13. The molecule has 0 atom stereocenters. The molecule has 1 heterocycles. The van der Waals surface area contributed by atoms with E-state index < -0.39 is 10.0 Å². The van der Waals surface area contributed by atoms with E-state index in [2.05, 4.69) is 31.0 Å². The summed E-state index contributed by atoms with van der Waals surface area (Å²) in [7, 11) is -3.75. The monoisotopic (exact) mass is 553 g/mol. The number of sulfonamides is 1. The molecule has 6 nitrogen and oxygen atoms in total. The summed E-state index contributed by atoms with van der Waals surface area (Å²) < 4.78 is 28.1. The second kappa shape index (κ2) is 9.17. The fraction of sp³-hybridized carbons (Fsp3) is 0. The number of halogens is 2. The molecule has 0 fully saturated rings. The van der Waals surface area contributed by atoms with Crippen molar-refractivity contribution in [2.75, 3.05) is 10.0 Å². The second-order valence-electron chi connectivity index (χ2n) is 6.19. The summed E-state index contributed by atoms with van der Waals surface area (Å²) in [4.78, 5) is 17.3. The number of hydrogen-bond donors (Lipinski definition) is 2. The molecule has 4 aromatic rings. The van der Waals surface area contributed by atoms with E-state index in [9.17, 15) is 13.2 Å². The molecule has 0 saturated carbocycles. The van der Waals surface area contributed by atoms with Crippen molar-refractivity contribution < 1.29 is 13.2 Å². The van der Waals surface area contributed by atoms with Crippen molar-refractivity contribution in [3.05, 3.63) is 75.7 Å². The zero-order chi connectivity index (χ0) is 22.0. The maximum Gasteiger partial charge on any atom is 0.288 e. The number of aromatic nitrogens is 1. The van der Waals surface area contributed by atoms with Crippen LogP contribution in [0, 0.1) is 0 Å². The molecular weight excluding hydrogens is 542 g/mol. The minimum Gasteiger partial charge on any atom is -0.317 e. The first kappa shape index (κ1) is 22.1. The van der Waals surface area contributed by atoms with E-state index in [1.807, 2.05) is 24.3 Å². The van der Waals surface area contributed by atoms with E-state index in [0.29, 0.717) is 15.6 Å². The molecule has 4 rings (SSSR count). The lowest BCUT2D eigenvalue weighted by Gasteiger charge is -2.10. The number of carbonyl (C=O) groups excluding carboxylic acids is 1. The van der Waals surface area contributed by atoms with Gasteiger partial charge in [0.15, 0.2) is 5.13 Å². The molecule has 0 aliphatic heterocycles. The highest BCUT2D eigenvalue weighted by Crippen LogP contribution is 2.37. The minimum atomic E-state index is -3.75. The number of nitrogens with zero attached hydrogens (tertiary/aromatic N) is 1. The van der Waals surface area contributed by atoms with Gasteiger partial charge < -0.3 is 5.32 Å². The molecule has 0 spiro atoms. The van der Waals surface area contributed by atoms with Crippen LogP contribution >= 0.6 is 50.6 Å². The van der Waals surface area contributed by atoms with Gasteiger partial charge in [0.05, 0.1) is 4.90 Å². The molecule has 0 saturated heterocycles. The molecule has 1 aromatic heterocycles. The summed E-state index contributed by atoms with van der Waals surface area (Å²) in [5, 5.41) is 6.65. The van der Waals surface area contributed by atoms with Crippen LogP contribution in [0.3, 0.4) is 0 Å². The molecule has 0 aliphatic carbocycles. The van der Waals surface area contributed by atoms with Gasteiger partial charge in [-0.3, -0.25) is 9.52 Å². The Labute approximate surface area is 200 Å². The van der Waals surface area contributed by atoms with E-state index in [0.717, 1.165) is 27.0 Å². The Balaban J connectivity index is 1.49. The van der Waals surface area contributed by atoms with E-state index in [-0.39, 0.29) is 15.3 Å². The smallest absolute Gasteiger partial charge is 0.288 e. The fourth-order valence-corrected chi connectivity index (χ4v) is 6.20. The lowest BCUT2D eigenvalue weighted by molar-refractivity contribution is 0.270. The average molecular weight is 555 g/mol. The summed E-state index contributed by atoms with van der Waals surface area (Å²) in [6.07, 6.45) is 1.51. The summed E-state index contributed by atoms with van der Waals surface area (Å²) in [5.41, 5.74) is 0.471. The van der Waals surface area contributed by atoms with Gasteiger partial charge in [0.2, 0.25) is 0 Å². The number of hydrogen-bond acceptors (Lipinski definition) is 6. The number of thiazole rings is 1. The molecule has 11 heteroatoms. The van der Waals surface area contributed by atoms with E-state index in [1.165, 1.54) is 41.8 Å². The van der Waals surface area contributed by atoms with Gasteiger partial charge in [0.25, 0.3) is 15.3 Å². The van der Waals surface area contributed by atoms with Crippen LogP contribution in [0.15, 0.2) is 80.4 Å². The van der Waals surface area contributed by atoms with Crippen LogP contribution in [-0.2, 0) is 10.0 Å². The number of thioether (sulfide) groups is 1. The van der Waals surface area contributed by atoms with Crippen molar-refractivity contribution in [1.82, 2.24) is 4.98 Å². The number of rotatable bonds is 5. The number of benzene rings is 3. The molecule has 158 valence electrons. The Morgan fingerprint density at radius 1 is 1.10 bits per heavy atom. The van der Waals surface area contributed by atoms with Gasteiger partial charge in [-0.2, -0.15) is 0 Å². The van der Waals surface area contributed by atoms with Crippen molar-refractivity contribution in [3.63, 3.8) is 0 Å². The third-order valence-electron chi connectivity index (χ3n) is 4.17. The van der Waals surface area contributed by atoms with E-state index in [1.54, 1.807) is 11.4 Å². The highest BCUT2D eigenvalue weighted by atomic mass is 79.9. The maximum atomic E-state index is 12.6. The predicted molar refractivity (Wildman–Crippen MR) is 131 cm³/mol. The molecule has 31 heavy (non-hydrogen) atoms. The van der Waals surface area contributed by atoms with Crippen molar-refractivity contribution >= 4 is 87.5 Å². The number of amides is 1. The van der Waals surface area contributed by atoms with Gasteiger partial charge in [-0.05, 0) is 59.6 Å². The van der Waals surface area contributed by atoms with Crippen LogP contribution in [0.1, 0.15) is 0 Å². The highest BCUT2D eigenvalue weighted by molar-refractivity contribution is 9.10. The van der Waals surface area contributed by atoms with Gasteiger partial charge in [-0.1, -0.05) is 39.7 Å². The van der Waals surface area contributed by atoms with Gasteiger partial charge in [-0.25, -0.2) is 13.4 Å². The summed E-state index contributed by atoms with van der Waals surface area (Å²) in [5.74, 6) is 0. The lowest BCUT2D eigenvalue weighted by atomic mass is 10.1. The van der Waals surface area contributed by atoms with Crippen LogP contribution in [0.2, 0.25) is 5.02 Å². The van der Waals surface area contributed by atoms with Gasteiger partial charge >= 0.3 is 0 Å². The Morgan fingerprint density at radius 3 is 2.58 bits per heavy atom. The Hall–Kier alpha value is -2.11. The molecule has 2 N–H and O–H groups in total. The van der Waals surface area contributed by atoms with Crippen LogP contribution in [-0.4, -0.2) is 18.6 Å². The first-order valence-corrected chi connectivity index (χ1v) is 13.1. The SMILES string of the molecule is O=C(Nc1ccc(S(=O)(=O)Nc2nccs2)cc1)Sc1ccc(Br)c2cccc(Cl)c12. The third kappa shape index (κ3) is 5.04. The topological polar surface area (TPSA) is 88.2 Å². The van der Waals surface area contributed by atoms with Crippen molar-refractivity contribution in [1.29, 1.82) is 0 Å². The first-order valence-electron chi connectivity index (χ1n) is 8.71. The molecule has 0 radical (unpaired) electrons. The Bertz CT molecular complexity index is 1360. The highest BCUT2D eigenvalue weighted by Gasteiger charge is 2.16. The largest absolute Gasteiger partial charge is 0.317 e. The molecule has 1 amide bonds. The molecule has 0 bridgehead atoms.